The summed E-state index contributed by atoms with van der Waals surface area (Å²) in [4.78, 5) is 17.5. The maximum Gasteiger partial charge on any atom is 0.240 e. The SMILES string of the molecule is CCOc1ccc(CN(Cc2ccccc2OC)C(=O)[C@@H]2CCCN2C)cc1. The van der Waals surface area contributed by atoms with E-state index in [1.54, 1.807) is 7.11 Å². The van der Waals surface area contributed by atoms with Gasteiger partial charge in [0.1, 0.15) is 11.5 Å². The molecule has 0 aromatic heterocycles. The van der Waals surface area contributed by atoms with Gasteiger partial charge in [0.15, 0.2) is 0 Å². The maximum atomic E-state index is 13.4. The van der Waals surface area contributed by atoms with Crippen LogP contribution in [0.15, 0.2) is 48.5 Å². The van der Waals surface area contributed by atoms with E-state index in [1.807, 2.05) is 67.4 Å². The summed E-state index contributed by atoms with van der Waals surface area (Å²) in [5, 5.41) is 0. The van der Waals surface area contributed by atoms with Gasteiger partial charge in [-0.25, -0.2) is 0 Å². The van der Waals surface area contributed by atoms with Crippen molar-refractivity contribution in [3.8, 4) is 11.5 Å². The molecule has 0 N–H and O–H groups in total. The van der Waals surface area contributed by atoms with Crippen LogP contribution in [0.2, 0.25) is 0 Å². The molecule has 1 heterocycles. The van der Waals surface area contributed by atoms with Crippen LogP contribution in [0.5, 0.6) is 11.5 Å². The molecule has 0 spiro atoms. The first-order chi connectivity index (χ1) is 13.6. The maximum absolute atomic E-state index is 13.4. The Morgan fingerprint density at radius 2 is 1.89 bits per heavy atom. The van der Waals surface area contributed by atoms with Gasteiger partial charge < -0.3 is 14.4 Å². The Morgan fingerprint density at radius 3 is 2.54 bits per heavy atom. The lowest BCUT2D eigenvalue weighted by molar-refractivity contribution is -0.136. The van der Waals surface area contributed by atoms with Gasteiger partial charge in [-0.15, -0.1) is 0 Å². The summed E-state index contributed by atoms with van der Waals surface area (Å²) in [5.41, 5.74) is 2.11. The number of benzene rings is 2. The van der Waals surface area contributed by atoms with Crippen LogP contribution < -0.4 is 9.47 Å². The lowest BCUT2D eigenvalue weighted by Gasteiger charge is -2.29. The minimum Gasteiger partial charge on any atom is -0.496 e. The molecule has 1 atom stereocenters. The van der Waals surface area contributed by atoms with Crippen molar-refractivity contribution in [3.05, 3.63) is 59.7 Å². The molecule has 150 valence electrons. The zero-order valence-electron chi connectivity index (χ0n) is 17.1. The molecule has 0 radical (unpaired) electrons. The van der Waals surface area contributed by atoms with Crippen LogP contribution >= 0.6 is 0 Å². The fraction of sp³-hybridized carbons (Fsp3) is 0.435. The van der Waals surface area contributed by atoms with Crippen molar-refractivity contribution in [1.82, 2.24) is 9.80 Å². The molecule has 1 aliphatic rings. The number of ether oxygens (including phenoxy) is 2. The summed E-state index contributed by atoms with van der Waals surface area (Å²) in [5.74, 6) is 1.84. The highest BCUT2D eigenvalue weighted by atomic mass is 16.5. The normalized spacial score (nSPS) is 16.8. The molecule has 5 heteroatoms. The first-order valence-electron chi connectivity index (χ1n) is 9.95. The van der Waals surface area contributed by atoms with Crippen LogP contribution in [0.3, 0.4) is 0 Å². The summed E-state index contributed by atoms with van der Waals surface area (Å²) in [7, 11) is 3.70. The van der Waals surface area contributed by atoms with E-state index in [2.05, 4.69) is 4.90 Å². The number of para-hydroxylation sites is 1. The van der Waals surface area contributed by atoms with Crippen molar-refractivity contribution in [2.75, 3.05) is 27.3 Å². The monoisotopic (exact) mass is 382 g/mol. The van der Waals surface area contributed by atoms with E-state index in [0.29, 0.717) is 19.7 Å². The van der Waals surface area contributed by atoms with Crippen LogP contribution in [0.25, 0.3) is 0 Å². The molecule has 1 saturated heterocycles. The molecule has 1 aliphatic heterocycles. The summed E-state index contributed by atoms with van der Waals surface area (Å²) in [6.45, 7) is 4.68. The topological polar surface area (TPSA) is 42.0 Å². The third-order valence-electron chi connectivity index (χ3n) is 5.28. The van der Waals surface area contributed by atoms with Gasteiger partial charge in [0, 0.05) is 18.7 Å². The number of carbonyl (C=O) groups is 1. The second-order valence-electron chi connectivity index (χ2n) is 7.22. The Labute approximate surface area is 167 Å². The molecule has 0 unspecified atom stereocenters. The highest BCUT2D eigenvalue weighted by Gasteiger charge is 2.31. The molecule has 0 aliphatic carbocycles. The Hall–Kier alpha value is -2.53. The molecular formula is C23H30N2O3. The third kappa shape index (κ3) is 4.84. The Bertz CT molecular complexity index is 776. The summed E-state index contributed by atoms with van der Waals surface area (Å²) in [6, 6.07) is 15.9. The molecule has 28 heavy (non-hydrogen) atoms. The van der Waals surface area contributed by atoms with Gasteiger partial charge in [-0.2, -0.15) is 0 Å². The number of carbonyl (C=O) groups excluding carboxylic acids is 1. The lowest BCUT2D eigenvalue weighted by atomic mass is 10.1. The number of hydrogen-bond donors (Lipinski definition) is 0. The van der Waals surface area contributed by atoms with Crippen LogP contribution in [-0.2, 0) is 17.9 Å². The quantitative estimate of drug-likeness (QED) is 0.698. The largest absolute Gasteiger partial charge is 0.496 e. The fourth-order valence-corrected chi connectivity index (χ4v) is 3.76. The van der Waals surface area contributed by atoms with E-state index in [0.717, 1.165) is 42.0 Å². The molecule has 3 rings (SSSR count). The van der Waals surface area contributed by atoms with Crippen LogP contribution in [0.1, 0.15) is 30.9 Å². The van der Waals surface area contributed by atoms with Gasteiger partial charge in [-0.1, -0.05) is 30.3 Å². The highest BCUT2D eigenvalue weighted by molar-refractivity contribution is 5.82. The first kappa shape index (κ1) is 20.2. The number of likely N-dealkylation sites (N-methyl/N-ethyl adjacent to an activating group) is 1. The molecule has 1 amide bonds. The fourth-order valence-electron chi connectivity index (χ4n) is 3.76. The van der Waals surface area contributed by atoms with Gasteiger partial charge in [0.05, 0.1) is 19.8 Å². The summed E-state index contributed by atoms with van der Waals surface area (Å²) in [6.07, 6.45) is 1.99. The van der Waals surface area contributed by atoms with Crippen molar-refractivity contribution in [2.24, 2.45) is 0 Å². The predicted octanol–water partition coefficient (Wildman–Crippen LogP) is 3.72. The van der Waals surface area contributed by atoms with Crippen molar-refractivity contribution in [2.45, 2.75) is 38.9 Å². The van der Waals surface area contributed by atoms with Crippen LogP contribution in [0.4, 0.5) is 0 Å². The standard InChI is InChI=1S/C23H30N2O3/c1-4-28-20-13-11-18(12-14-20)16-25(23(26)21-9-7-15-24(21)2)17-19-8-5-6-10-22(19)27-3/h5-6,8,10-14,21H,4,7,9,15-17H2,1-3H3/t21-/m0/s1. The predicted molar refractivity (Wildman–Crippen MR) is 111 cm³/mol. The molecule has 0 saturated carbocycles. The van der Waals surface area contributed by atoms with E-state index >= 15 is 0 Å². The Kier molecular flexibility index (Phi) is 6.93. The molecular weight excluding hydrogens is 352 g/mol. The zero-order chi connectivity index (χ0) is 19.9. The lowest BCUT2D eigenvalue weighted by Crippen LogP contribution is -2.43. The van der Waals surface area contributed by atoms with E-state index in [4.69, 9.17) is 9.47 Å². The smallest absolute Gasteiger partial charge is 0.240 e. The molecule has 5 nitrogen and oxygen atoms in total. The van der Waals surface area contributed by atoms with Gasteiger partial charge in [0.2, 0.25) is 5.91 Å². The Morgan fingerprint density at radius 1 is 1.14 bits per heavy atom. The molecule has 0 bridgehead atoms. The second-order valence-corrected chi connectivity index (χ2v) is 7.22. The third-order valence-corrected chi connectivity index (χ3v) is 5.28. The van der Waals surface area contributed by atoms with Crippen molar-refractivity contribution >= 4 is 5.91 Å². The summed E-state index contributed by atoms with van der Waals surface area (Å²) < 4.78 is 11.0. The number of methoxy groups -OCH3 is 1. The average molecular weight is 383 g/mol. The first-order valence-corrected chi connectivity index (χ1v) is 9.95. The Balaban J connectivity index is 1.82. The van der Waals surface area contributed by atoms with Crippen molar-refractivity contribution in [1.29, 1.82) is 0 Å². The number of nitrogens with zero attached hydrogens (tertiary/aromatic N) is 2. The number of rotatable bonds is 8. The van der Waals surface area contributed by atoms with Gasteiger partial charge >= 0.3 is 0 Å². The van der Waals surface area contributed by atoms with Crippen LogP contribution in [0, 0.1) is 0 Å². The van der Waals surface area contributed by atoms with Crippen molar-refractivity contribution in [3.63, 3.8) is 0 Å². The second kappa shape index (κ2) is 9.60. The average Bonchev–Trinajstić information content (AvgIpc) is 3.15. The van der Waals surface area contributed by atoms with E-state index in [-0.39, 0.29) is 11.9 Å². The van der Waals surface area contributed by atoms with Gasteiger partial charge in [-0.05, 0) is 57.1 Å². The number of amides is 1. The molecule has 1 fully saturated rings. The summed E-state index contributed by atoms with van der Waals surface area (Å²) >= 11 is 0. The van der Waals surface area contributed by atoms with Gasteiger partial charge in [0.25, 0.3) is 0 Å². The highest BCUT2D eigenvalue weighted by Crippen LogP contribution is 2.24. The van der Waals surface area contributed by atoms with E-state index in [1.165, 1.54) is 0 Å². The minimum atomic E-state index is -0.0441. The number of hydrogen-bond acceptors (Lipinski definition) is 4. The minimum absolute atomic E-state index is 0.0441. The molecule has 2 aromatic rings. The molecule has 2 aromatic carbocycles. The number of likely N-dealkylation sites (tertiary alicyclic amines) is 1. The van der Waals surface area contributed by atoms with E-state index in [9.17, 15) is 4.79 Å². The van der Waals surface area contributed by atoms with Gasteiger partial charge in [-0.3, -0.25) is 9.69 Å². The van der Waals surface area contributed by atoms with Crippen molar-refractivity contribution < 1.29 is 14.3 Å². The zero-order valence-corrected chi connectivity index (χ0v) is 17.1. The van der Waals surface area contributed by atoms with E-state index < -0.39 is 0 Å². The van der Waals surface area contributed by atoms with Crippen LogP contribution in [-0.4, -0.2) is 49.1 Å².